The normalized spacial score (nSPS) is 18.4. The van der Waals surface area contributed by atoms with Gasteiger partial charge in [-0.1, -0.05) is 36.4 Å². The highest BCUT2D eigenvalue weighted by molar-refractivity contribution is 7.91. The Morgan fingerprint density at radius 2 is 1.92 bits per heavy atom. The van der Waals surface area contributed by atoms with Gasteiger partial charge in [-0.05, 0) is 24.1 Å². The third-order valence-corrected chi connectivity index (χ3v) is 6.07. The molecule has 0 aromatic heterocycles. The highest BCUT2D eigenvalue weighted by Crippen LogP contribution is 2.21. The summed E-state index contributed by atoms with van der Waals surface area (Å²) in [6.45, 7) is 0.0409. The van der Waals surface area contributed by atoms with Crippen molar-refractivity contribution in [2.45, 2.75) is 19.0 Å². The average molecular weight is 377 g/mol. The molecular weight excluding hydrogens is 357 g/mol. The molecule has 0 spiro atoms. The zero-order valence-electron chi connectivity index (χ0n) is 14.2. The summed E-state index contributed by atoms with van der Waals surface area (Å²) in [5.41, 5.74) is 0.913. The van der Waals surface area contributed by atoms with E-state index in [2.05, 4.69) is 0 Å². The molecule has 1 aliphatic heterocycles. The second kappa shape index (κ2) is 7.86. The van der Waals surface area contributed by atoms with Crippen molar-refractivity contribution in [3.05, 3.63) is 66.0 Å². The summed E-state index contributed by atoms with van der Waals surface area (Å²) in [4.78, 5) is 14.3. The predicted molar refractivity (Wildman–Crippen MR) is 95.9 cm³/mol. The lowest BCUT2D eigenvalue weighted by Crippen LogP contribution is -2.43. The number of sulfone groups is 1. The standard InChI is InChI=1S/C19H20FNO4S/c20-16-7-4-8-18(11-16)25-13-19(22)21(12-15-5-2-1-3-6-15)17-9-10-26(23,24)14-17/h1-8,11,17H,9-10,12-14H2/t17-/m1/s1. The lowest BCUT2D eigenvalue weighted by Gasteiger charge is -2.28. The molecule has 0 saturated carbocycles. The van der Waals surface area contributed by atoms with E-state index in [0.717, 1.165) is 5.56 Å². The maximum Gasteiger partial charge on any atom is 0.261 e. The van der Waals surface area contributed by atoms with Crippen LogP contribution in [0.25, 0.3) is 0 Å². The van der Waals surface area contributed by atoms with E-state index in [9.17, 15) is 17.6 Å². The van der Waals surface area contributed by atoms with Crippen LogP contribution in [0.15, 0.2) is 54.6 Å². The molecule has 0 aliphatic carbocycles. The van der Waals surface area contributed by atoms with E-state index in [4.69, 9.17) is 4.74 Å². The number of ether oxygens (including phenoxy) is 1. The van der Waals surface area contributed by atoms with Gasteiger partial charge < -0.3 is 9.64 Å². The molecule has 7 heteroatoms. The van der Waals surface area contributed by atoms with Crippen molar-refractivity contribution in [2.24, 2.45) is 0 Å². The van der Waals surface area contributed by atoms with Gasteiger partial charge >= 0.3 is 0 Å². The van der Waals surface area contributed by atoms with Gasteiger partial charge in [-0.3, -0.25) is 4.79 Å². The van der Waals surface area contributed by atoms with Crippen molar-refractivity contribution in [3.63, 3.8) is 0 Å². The SMILES string of the molecule is O=C(COc1cccc(F)c1)N(Cc1ccccc1)[C@@H]1CCS(=O)(=O)C1. The zero-order chi connectivity index (χ0) is 18.6. The van der Waals surface area contributed by atoms with Crippen molar-refractivity contribution in [1.82, 2.24) is 4.90 Å². The molecule has 138 valence electrons. The van der Waals surface area contributed by atoms with Crippen molar-refractivity contribution >= 4 is 15.7 Å². The van der Waals surface area contributed by atoms with Crippen LogP contribution in [-0.2, 0) is 21.2 Å². The quantitative estimate of drug-likeness (QED) is 0.776. The molecule has 2 aromatic carbocycles. The molecule has 1 saturated heterocycles. The first-order valence-corrected chi connectivity index (χ1v) is 10.2. The van der Waals surface area contributed by atoms with Gasteiger partial charge in [-0.2, -0.15) is 0 Å². The number of nitrogens with zero attached hydrogens (tertiary/aromatic N) is 1. The predicted octanol–water partition coefficient (Wildman–Crippen LogP) is 2.42. The monoisotopic (exact) mass is 377 g/mol. The number of rotatable bonds is 6. The molecule has 1 heterocycles. The molecule has 1 atom stereocenters. The third kappa shape index (κ3) is 4.82. The highest BCUT2D eigenvalue weighted by atomic mass is 32.2. The Morgan fingerprint density at radius 1 is 1.15 bits per heavy atom. The highest BCUT2D eigenvalue weighted by Gasteiger charge is 2.34. The van der Waals surface area contributed by atoms with Crippen LogP contribution in [-0.4, -0.2) is 43.4 Å². The van der Waals surface area contributed by atoms with Gasteiger partial charge in [0.15, 0.2) is 16.4 Å². The van der Waals surface area contributed by atoms with E-state index in [-0.39, 0.29) is 35.8 Å². The molecule has 0 unspecified atom stereocenters. The Hall–Kier alpha value is -2.41. The van der Waals surface area contributed by atoms with E-state index in [0.29, 0.717) is 13.0 Å². The van der Waals surface area contributed by atoms with Crippen molar-refractivity contribution in [3.8, 4) is 5.75 Å². The third-order valence-electron chi connectivity index (χ3n) is 4.32. The Kier molecular flexibility index (Phi) is 5.56. The largest absolute Gasteiger partial charge is 0.484 e. The first-order valence-electron chi connectivity index (χ1n) is 8.35. The molecule has 5 nitrogen and oxygen atoms in total. The van der Waals surface area contributed by atoms with Crippen LogP contribution >= 0.6 is 0 Å². The van der Waals surface area contributed by atoms with Gasteiger partial charge in [-0.25, -0.2) is 12.8 Å². The fraction of sp³-hybridized carbons (Fsp3) is 0.316. The fourth-order valence-corrected chi connectivity index (χ4v) is 4.74. The van der Waals surface area contributed by atoms with Crippen LogP contribution in [0.3, 0.4) is 0 Å². The van der Waals surface area contributed by atoms with Crippen LogP contribution in [0.2, 0.25) is 0 Å². The van der Waals surface area contributed by atoms with Gasteiger partial charge in [-0.15, -0.1) is 0 Å². The summed E-state index contributed by atoms with van der Waals surface area (Å²) >= 11 is 0. The van der Waals surface area contributed by atoms with Crippen molar-refractivity contribution in [1.29, 1.82) is 0 Å². The Bertz CT molecular complexity index is 870. The number of amides is 1. The number of hydrogen-bond acceptors (Lipinski definition) is 4. The Labute approximate surface area is 152 Å². The smallest absolute Gasteiger partial charge is 0.261 e. The van der Waals surface area contributed by atoms with Crippen LogP contribution < -0.4 is 4.74 Å². The fourth-order valence-electron chi connectivity index (χ4n) is 3.01. The van der Waals surface area contributed by atoms with Gasteiger partial charge in [0, 0.05) is 18.7 Å². The molecule has 1 aliphatic rings. The van der Waals surface area contributed by atoms with Crippen LogP contribution in [0.1, 0.15) is 12.0 Å². The van der Waals surface area contributed by atoms with Crippen LogP contribution in [0, 0.1) is 5.82 Å². The molecular formula is C19H20FNO4S. The zero-order valence-corrected chi connectivity index (χ0v) is 15.0. The molecule has 1 amide bonds. The average Bonchev–Trinajstić information content (AvgIpc) is 2.98. The first-order chi connectivity index (χ1) is 12.4. The topological polar surface area (TPSA) is 63.7 Å². The maximum absolute atomic E-state index is 13.2. The summed E-state index contributed by atoms with van der Waals surface area (Å²) in [5, 5.41) is 0. The minimum absolute atomic E-state index is 0.0362. The molecule has 0 N–H and O–H groups in total. The van der Waals surface area contributed by atoms with Gasteiger partial charge in [0.05, 0.1) is 11.5 Å². The molecule has 0 radical (unpaired) electrons. The first kappa shape index (κ1) is 18.4. The van der Waals surface area contributed by atoms with Crippen LogP contribution in [0.5, 0.6) is 5.75 Å². The van der Waals surface area contributed by atoms with E-state index >= 15 is 0 Å². The van der Waals surface area contributed by atoms with Gasteiger partial charge in [0.25, 0.3) is 5.91 Å². The van der Waals surface area contributed by atoms with Gasteiger partial charge in [0.1, 0.15) is 11.6 Å². The summed E-state index contributed by atoms with van der Waals surface area (Å²) in [7, 11) is -3.12. The minimum atomic E-state index is -3.12. The molecule has 3 rings (SSSR count). The minimum Gasteiger partial charge on any atom is -0.484 e. The number of carbonyl (C=O) groups excluding carboxylic acids is 1. The molecule has 26 heavy (non-hydrogen) atoms. The van der Waals surface area contributed by atoms with Crippen molar-refractivity contribution in [2.75, 3.05) is 18.1 Å². The lowest BCUT2D eigenvalue weighted by molar-refractivity contribution is -0.136. The van der Waals surface area contributed by atoms with E-state index in [1.807, 2.05) is 30.3 Å². The summed E-state index contributed by atoms with van der Waals surface area (Å²) in [6.07, 6.45) is 0.418. The molecule has 2 aromatic rings. The van der Waals surface area contributed by atoms with Crippen LogP contribution in [0.4, 0.5) is 4.39 Å². The van der Waals surface area contributed by atoms with E-state index < -0.39 is 15.7 Å². The van der Waals surface area contributed by atoms with E-state index in [1.165, 1.54) is 18.2 Å². The Balaban J connectivity index is 1.72. The van der Waals surface area contributed by atoms with Gasteiger partial charge in [0.2, 0.25) is 0 Å². The summed E-state index contributed by atoms with van der Waals surface area (Å²) in [5.74, 6) is -0.456. The number of carbonyl (C=O) groups is 1. The second-order valence-electron chi connectivity index (χ2n) is 6.31. The summed E-state index contributed by atoms with van der Waals surface area (Å²) in [6, 6.07) is 14.6. The number of benzene rings is 2. The lowest BCUT2D eigenvalue weighted by atomic mass is 10.1. The number of halogens is 1. The second-order valence-corrected chi connectivity index (χ2v) is 8.54. The number of hydrogen-bond donors (Lipinski definition) is 0. The van der Waals surface area contributed by atoms with Crippen molar-refractivity contribution < 1.29 is 22.3 Å². The molecule has 0 bridgehead atoms. The maximum atomic E-state index is 13.2. The Morgan fingerprint density at radius 3 is 2.58 bits per heavy atom. The summed E-state index contributed by atoms with van der Waals surface area (Å²) < 4.78 is 42.3. The molecule has 1 fully saturated rings. The van der Waals surface area contributed by atoms with E-state index in [1.54, 1.807) is 11.0 Å².